The topological polar surface area (TPSA) is 95.4 Å². The van der Waals surface area contributed by atoms with Crippen LogP contribution in [0.3, 0.4) is 0 Å². The molecular formula is C8H18N2O3. The molecule has 0 aromatic rings. The molecule has 0 aliphatic heterocycles. The molecule has 0 unspecified atom stereocenters. The average Bonchev–Trinajstić information content (AvgIpc) is 1.99. The van der Waals surface area contributed by atoms with Gasteiger partial charge in [0.25, 0.3) is 0 Å². The van der Waals surface area contributed by atoms with E-state index in [1.54, 1.807) is 14.2 Å². The number of hydrogen-bond donors (Lipinski definition) is 2. The van der Waals surface area contributed by atoms with Crippen molar-refractivity contribution in [2.75, 3.05) is 14.2 Å². The third-order valence-electron chi connectivity index (χ3n) is 1.10. The molecule has 0 fully saturated rings. The lowest BCUT2D eigenvalue weighted by Crippen LogP contribution is -2.12. The summed E-state index contributed by atoms with van der Waals surface area (Å²) >= 11 is 0. The Bertz CT molecular complexity index is 132. The Kier molecular flexibility index (Phi) is 12.1. The van der Waals surface area contributed by atoms with Gasteiger partial charge in [-0.25, -0.2) is 0 Å². The van der Waals surface area contributed by atoms with Gasteiger partial charge < -0.3 is 16.2 Å². The van der Waals surface area contributed by atoms with Crippen LogP contribution < -0.4 is 11.5 Å². The van der Waals surface area contributed by atoms with E-state index >= 15 is 0 Å². The number of methoxy groups -OCH3 is 1. The van der Waals surface area contributed by atoms with Crippen LogP contribution in [0.5, 0.6) is 0 Å². The number of primary amides is 2. The van der Waals surface area contributed by atoms with Crippen molar-refractivity contribution in [1.82, 2.24) is 0 Å². The highest BCUT2D eigenvalue weighted by atomic mass is 16.4. The molecule has 0 bridgehead atoms. The Hall–Kier alpha value is -1.10. The van der Waals surface area contributed by atoms with E-state index in [9.17, 15) is 9.59 Å². The first kappa shape index (κ1) is 14.4. The van der Waals surface area contributed by atoms with Crippen LogP contribution in [0.15, 0.2) is 0 Å². The molecule has 5 heteroatoms. The predicted octanol–water partition coefficient (Wildman–Crippen LogP) is -0.220. The molecule has 0 saturated carbocycles. The van der Waals surface area contributed by atoms with Crippen molar-refractivity contribution in [3.05, 3.63) is 0 Å². The van der Waals surface area contributed by atoms with Gasteiger partial charge in [-0.3, -0.25) is 9.59 Å². The van der Waals surface area contributed by atoms with Crippen LogP contribution in [0.2, 0.25) is 0 Å². The van der Waals surface area contributed by atoms with Gasteiger partial charge in [0.05, 0.1) is 0 Å². The van der Waals surface area contributed by atoms with Crippen LogP contribution in [-0.2, 0) is 14.3 Å². The fourth-order valence-corrected chi connectivity index (χ4v) is 0.598. The zero-order valence-corrected chi connectivity index (χ0v) is 8.21. The van der Waals surface area contributed by atoms with E-state index in [-0.39, 0.29) is 11.8 Å². The Morgan fingerprint density at radius 2 is 1.23 bits per heavy atom. The number of amides is 2. The van der Waals surface area contributed by atoms with Crippen LogP contribution in [0.25, 0.3) is 0 Å². The largest absolute Gasteiger partial charge is 0.388 e. The lowest BCUT2D eigenvalue weighted by Gasteiger charge is -1.93. The number of carbonyl (C=O) groups is 2. The van der Waals surface area contributed by atoms with Crippen LogP contribution >= 0.6 is 0 Å². The maximum atomic E-state index is 10.2. The summed E-state index contributed by atoms with van der Waals surface area (Å²) in [6, 6.07) is 0. The molecule has 13 heavy (non-hydrogen) atoms. The normalized spacial score (nSPS) is 8.46. The summed E-state index contributed by atoms with van der Waals surface area (Å²) in [4.78, 5) is 20.3. The highest BCUT2D eigenvalue weighted by Crippen LogP contribution is 1.97. The van der Waals surface area contributed by atoms with Gasteiger partial charge in [0.2, 0.25) is 11.8 Å². The predicted molar refractivity (Wildman–Crippen MR) is 49.8 cm³/mol. The Balaban J connectivity index is 0. The number of nitrogens with two attached hydrogens (primary N) is 2. The van der Waals surface area contributed by atoms with E-state index in [0.717, 1.165) is 0 Å². The average molecular weight is 190 g/mol. The first-order valence-corrected chi connectivity index (χ1v) is 4.01. The summed E-state index contributed by atoms with van der Waals surface area (Å²) in [5.41, 5.74) is 9.71. The van der Waals surface area contributed by atoms with E-state index < -0.39 is 0 Å². The summed E-state index contributed by atoms with van der Waals surface area (Å²) < 4.78 is 4.25. The molecule has 0 aromatic carbocycles. The Morgan fingerprint density at radius 1 is 1.00 bits per heavy atom. The van der Waals surface area contributed by atoms with Crippen LogP contribution in [0.4, 0.5) is 0 Å². The zero-order valence-electron chi connectivity index (χ0n) is 8.21. The van der Waals surface area contributed by atoms with Crippen LogP contribution in [0, 0.1) is 0 Å². The molecule has 0 saturated heterocycles. The first-order valence-electron chi connectivity index (χ1n) is 4.01. The number of unbranched alkanes of at least 4 members (excludes halogenated alkanes) is 1. The fraction of sp³-hybridized carbons (Fsp3) is 0.750. The van der Waals surface area contributed by atoms with E-state index in [2.05, 4.69) is 4.74 Å². The lowest BCUT2D eigenvalue weighted by atomic mass is 10.2. The van der Waals surface area contributed by atoms with E-state index in [1.807, 2.05) is 0 Å². The molecule has 4 N–H and O–H groups in total. The maximum absolute atomic E-state index is 10.2. The van der Waals surface area contributed by atoms with Gasteiger partial charge in [-0.05, 0) is 12.8 Å². The second kappa shape index (κ2) is 10.9. The van der Waals surface area contributed by atoms with Gasteiger partial charge in [-0.15, -0.1) is 0 Å². The molecule has 5 nitrogen and oxygen atoms in total. The summed E-state index contributed by atoms with van der Waals surface area (Å²) in [5.74, 6) is -0.658. The molecule has 2 amide bonds. The highest BCUT2D eigenvalue weighted by Gasteiger charge is 1.96. The van der Waals surface area contributed by atoms with Crippen LogP contribution in [0.1, 0.15) is 25.7 Å². The molecule has 0 heterocycles. The maximum Gasteiger partial charge on any atom is 0.217 e. The minimum atomic E-state index is -0.329. The number of hydrogen-bond acceptors (Lipinski definition) is 3. The number of rotatable bonds is 5. The van der Waals surface area contributed by atoms with Crippen molar-refractivity contribution in [2.45, 2.75) is 25.7 Å². The molecule has 78 valence electrons. The summed E-state index contributed by atoms with van der Waals surface area (Å²) in [5, 5.41) is 0. The molecule has 0 spiro atoms. The molecule has 0 radical (unpaired) electrons. The third kappa shape index (κ3) is 24.8. The van der Waals surface area contributed by atoms with Crippen LogP contribution in [-0.4, -0.2) is 26.0 Å². The van der Waals surface area contributed by atoms with E-state index in [0.29, 0.717) is 25.7 Å². The van der Waals surface area contributed by atoms with Crippen molar-refractivity contribution < 1.29 is 14.3 Å². The van der Waals surface area contributed by atoms with Crippen molar-refractivity contribution in [1.29, 1.82) is 0 Å². The Morgan fingerprint density at radius 3 is 1.38 bits per heavy atom. The van der Waals surface area contributed by atoms with Crippen molar-refractivity contribution in [3.63, 3.8) is 0 Å². The van der Waals surface area contributed by atoms with Crippen molar-refractivity contribution in [3.8, 4) is 0 Å². The molecule has 0 aliphatic carbocycles. The van der Waals surface area contributed by atoms with E-state index in [4.69, 9.17) is 11.5 Å². The molecule has 0 aliphatic rings. The first-order chi connectivity index (χ1) is 6.04. The summed E-state index contributed by atoms with van der Waals surface area (Å²) in [7, 11) is 3.25. The number of carbonyl (C=O) groups excluding carboxylic acids is 2. The smallest absolute Gasteiger partial charge is 0.217 e. The van der Waals surface area contributed by atoms with Gasteiger partial charge in [0.1, 0.15) is 0 Å². The van der Waals surface area contributed by atoms with Gasteiger partial charge in [-0.1, -0.05) is 0 Å². The van der Waals surface area contributed by atoms with Gasteiger partial charge >= 0.3 is 0 Å². The van der Waals surface area contributed by atoms with E-state index in [1.165, 1.54) is 0 Å². The Labute approximate surface area is 78.4 Å². The minimum absolute atomic E-state index is 0.329. The lowest BCUT2D eigenvalue weighted by molar-refractivity contribution is -0.119. The standard InChI is InChI=1S/C6H12N2O2.C2H6O/c7-5(9)3-1-2-4-6(8)10;1-3-2/h1-4H2,(H2,7,9)(H2,8,10);1-2H3. The quantitative estimate of drug-likeness (QED) is 0.586. The molecule has 0 aromatic heterocycles. The monoisotopic (exact) mass is 190 g/mol. The zero-order chi connectivity index (χ0) is 10.7. The summed E-state index contributed by atoms with van der Waals surface area (Å²) in [6.07, 6.45) is 1.98. The van der Waals surface area contributed by atoms with Gasteiger partial charge in [-0.2, -0.15) is 0 Å². The van der Waals surface area contributed by atoms with Crippen molar-refractivity contribution in [2.24, 2.45) is 11.5 Å². The SMILES string of the molecule is COC.NC(=O)CCCCC(N)=O. The molecule has 0 rings (SSSR count). The number of ether oxygens (including phenoxy) is 1. The van der Waals surface area contributed by atoms with Gasteiger partial charge in [0.15, 0.2) is 0 Å². The third-order valence-corrected chi connectivity index (χ3v) is 1.10. The molecule has 0 atom stereocenters. The summed E-state index contributed by atoms with van der Waals surface area (Å²) in [6.45, 7) is 0. The fourth-order valence-electron chi connectivity index (χ4n) is 0.598. The van der Waals surface area contributed by atoms with Crippen molar-refractivity contribution >= 4 is 11.8 Å². The second-order valence-electron chi connectivity index (χ2n) is 2.55. The minimum Gasteiger partial charge on any atom is -0.388 e. The van der Waals surface area contributed by atoms with Gasteiger partial charge in [0, 0.05) is 27.1 Å². The second-order valence-corrected chi connectivity index (χ2v) is 2.55. The molecular weight excluding hydrogens is 172 g/mol. The highest BCUT2D eigenvalue weighted by molar-refractivity contribution is 5.74.